The summed E-state index contributed by atoms with van der Waals surface area (Å²) in [7, 11) is 0. The highest BCUT2D eigenvalue weighted by Gasteiger charge is 2.16. The van der Waals surface area contributed by atoms with Crippen molar-refractivity contribution >= 4 is 49.4 Å². The van der Waals surface area contributed by atoms with E-state index in [-0.39, 0.29) is 23.8 Å². The number of carboxylic acids is 1. The number of hydrogen-bond donors (Lipinski definition) is 2. The first-order chi connectivity index (χ1) is 10.0. The van der Waals surface area contributed by atoms with Crippen molar-refractivity contribution in [1.29, 1.82) is 0 Å². The van der Waals surface area contributed by atoms with Crippen molar-refractivity contribution in [3.63, 3.8) is 0 Å². The van der Waals surface area contributed by atoms with Crippen molar-refractivity contribution in [2.45, 2.75) is 6.54 Å². The number of nitrogens with one attached hydrogen (secondary N) is 1. The molecule has 3 aromatic rings. The van der Waals surface area contributed by atoms with Crippen LogP contribution in [-0.2, 0) is 6.54 Å². The molecule has 21 heavy (non-hydrogen) atoms. The highest BCUT2D eigenvalue weighted by molar-refractivity contribution is 9.10. The zero-order valence-electron chi connectivity index (χ0n) is 10.4. The van der Waals surface area contributed by atoms with Gasteiger partial charge in [-0.25, -0.2) is 4.79 Å². The number of rotatable bonds is 4. The van der Waals surface area contributed by atoms with Crippen molar-refractivity contribution in [1.82, 2.24) is 5.32 Å². The summed E-state index contributed by atoms with van der Waals surface area (Å²) >= 11 is 4.51. The maximum Gasteiger partial charge on any atom is 0.339 e. The molecule has 0 unspecified atom stereocenters. The van der Waals surface area contributed by atoms with Gasteiger partial charge in [0, 0.05) is 12.1 Å². The van der Waals surface area contributed by atoms with Gasteiger partial charge in [0.1, 0.15) is 16.9 Å². The van der Waals surface area contributed by atoms with Crippen LogP contribution in [0.25, 0.3) is 10.3 Å². The molecule has 2 N–H and O–H groups in total. The fourth-order valence-corrected chi connectivity index (χ4v) is 3.32. The number of carboxylic acid groups (broad SMARTS) is 1. The van der Waals surface area contributed by atoms with E-state index in [1.807, 2.05) is 0 Å². The quantitative estimate of drug-likeness (QED) is 0.734. The van der Waals surface area contributed by atoms with Gasteiger partial charge < -0.3 is 19.3 Å². The molecule has 8 heteroatoms. The van der Waals surface area contributed by atoms with E-state index < -0.39 is 5.97 Å². The summed E-state index contributed by atoms with van der Waals surface area (Å²) in [5.74, 6) is -1.19. The first kappa shape index (κ1) is 13.9. The number of furan rings is 2. The summed E-state index contributed by atoms with van der Waals surface area (Å²) in [4.78, 5) is 23.4. The molecule has 0 aliphatic rings. The van der Waals surface area contributed by atoms with Gasteiger partial charge in [-0.05, 0) is 22.0 Å². The highest BCUT2D eigenvalue weighted by atomic mass is 79.9. The molecule has 0 aliphatic carbocycles. The van der Waals surface area contributed by atoms with E-state index in [2.05, 4.69) is 21.2 Å². The van der Waals surface area contributed by atoms with Crippen LogP contribution < -0.4 is 5.32 Å². The number of fused-ring (bicyclic) bond motifs is 1. The van der Waals surface area contributed by atoms with Crippen LogP contribution in [0.15, 0.2) is 38.0 Å². The number of carbonyl (C=O) groups is 2. The molecule has 0 saturated carbocycles. The van der Waals surface area contributed by atoms with Crippen molar-refractivity contribution in [3.05, 3.63) is 45.3 Å². The Morgan fingerprint density at radius 2 is 2.19 bits per heavy atom. The first-order valence-corrected chi connectivity index (χ1v) is 7.42. The number of thiophene rings is 1. The molecule has 3 rings (SSSR count). The molecule has 0 atom stereocenters. The van der Waals surface area contributed by atoms with Crippen molar-refractivity contribution in [2.75, 3.05) is 0 Å². The van der Waals surface area contributed by atoms with Crippen molar-refractivity contribution in [3.8, 4) is 0 Å². The third-order valence-corrected chi connectivity index (χ3v) is 4.24. The molecule has 0 aromatic carbocycles. The van der Waals surface area contributed by atoms with E-state index in [9.17, 15) is 9.59 Å². The van der Waals surface area contributed by atoms with Gasteiger partial charge in [0.25, 0.3) is 5.91 Å². The highest BCUT2D eigenvalue weighted by Crippen LogP contribution is 2.31. The lowest BCUT2D eigenvalue weighted by molar-refractivity contribution is 0.0693. The smallest absolute Gasteiger partial charge is 0.339 e. The molecule has 6 nitrogen and oxygen atoms in total. The number of amides is 1. The first-order valence-electron chi connectivity index (χ1n) is 5.81. The lowest BCUT2D eigenvalue weighted by Crippen LogP contribution is -2.22. The second-order valence-corrected chi connectivity index (χ2v) is 6.00. The molecule has 108 valence electrons. The molecule has 0 fully saturated rings. The van der Waals surface area contributed by atoms with Crippen LogP contribution in [0, 0.1) is 0 Å². The number of aromatic carboxylic acids is 1. The van der Waals surface area contributed by atoms with Crippen LogP contribution in [0.2, 0.25) is 0 Å². The van der Waals surface area contributed by atoms with Gasteiger partial charge in [-0.2, -0.15) is 0 Å². The monoisotopic (exact) mass is 369 g/mol. The molecular formula is C13H8BrNO5S. The Bertz CT molecular complexity index is 799. The molecule has 0 aliphatic heterocycles. The van der Waals surface area contributed by atoms with Crippen LogP contribution >= 0.6 is 27.3 Å². The topological polar surface area (TPSA) is 92.7 Å². The summed E-state index contributed by atoms with van der Waals surface area (Å²) in [5, 5.41) is 11.6. The third-order valence-electron chi connectivity index (χ3n) is 2.79. The maximum absolute atomic E-state index is 12.0. The Hall–Kier alpha value is -2.06. The average molecular weight is 370 g/mol. The minimum atomic E-state index is -1.09. The van der Waals surface area contributed by atoms with Crippen LogP contribution in [0.5, 0.6) is 0 Å². The normalized spacial score (nSPS) is 10.9. The van der Waals surface area contributed by atoms with Gasteiger partial charge in [-0.3, -0.25) is 4.79 Å². The summed E-state index contributed by atoms with van der Waals surface area (Å²) in [6, 6.07) is 4.77. The molecule has 0 saturated heterocycles. The van der Waals surface area contributed by atoms with Crippen molar-refractivity contribution < 1.29 is 23.5 Å². The summed E-state index contributed by atoms with van der Waals surface area (Å²) in [5.41, 5.74) is 0.667. The molecule has 0 spiro atoms. The molecule has 0 bridgehead atoms. The largest absolute Gasteiger partial charge is 0.478 e. The minimum absolute atomic E-state index is 0.0103. The number of hydrogen-bond acceptors (Lipinski definition) is 5. The standard InChI is InChI=1S/C13H8BrNO5S/c14-11-4-9-7(20-11)3-10(21-9)12(16)15-5-8-6(13(17)18)1-2-19-8/h1-4H,5H2,(H,15,16)(H,17,18). The molecule has 3 heterocycles. The maximum atomic E-state index is 12.0. The molecule has 3 aromatic heterocycles. The van der Waals surface area contributed by atoms with Gasteiger partial charge >= 0.3 is 5.97 Å². The Labute approximate surface area is 130 Å². The molecule has 0 radical (unpaired) electrons. The summed E-state index contributed by atoms with van der Waals surface area (Å²) < 4.78 is 11.9. The molecule has 1 amide bonds. The SMILES string of the molecule is O=C(NCc1occc1C(=O)O)c1cc2oc(Br)cc2s1. The van der Waals surface area contributed by atoms with E-state index >= 15 is 0 Å². The average Bonchev–Trinajstić information content (AvgIpc) is 3.08. The van der Waals surface area contributed by atoms with Gasteiger partial charge in [-0.1, -0.05) is 0 Å². The molecular weight excluding hydrogens is 362 g/mol. The summed E-state index contributed by atoms with van der Waals surface area (Å²) in [6.07, 6.45) is 1.28. The third kappa shape index (κ3) is 2.72. The van der Waals surface area contributed by atoms with E-state index in [0.717, 1.165) is 4.70 Å². The van der Waals surface area contributed by atoms with E-state index in [0.29, 0.717) is 15.1 Å². The zero-order chi connectivity index (χ0) is 15.0. The lowest BCUT2D eigenvalue weighted by Gasteiger charge is -2.01. The Morgan fingerprint density at radius 3 is 2.90 bits per heavy atom. The Balaban J connectivity index is 1.72. The fraction of sp³-hybridized carbons (Fsp3) is 0.0769. The van der Waals surface area contributed by atoms with E-state index in [1.54, 1.807) is 12.1 Å². The van der Waals surface area contributed by atoms with Gasteiger partial charge in [0.2, 0.25) is 0 Å². The lowest BCUT2D eigenvalue weighted by atomic mass is 10.2. The van der Waals surface area contributed by atoms with Gasteiger partial charge in [0.15, 0.2) is 4.67 Å². The van der Waals surface area contributed by atoms with Crippen LogP contribution in [0.4, 0.5) is 0 Å². The summed E-state index contributed by atoms with van der Waals surface area (Å²) in [6.45, 7) is 0.0103. The number of carbonyl (C=O) groups excluding carboxylic acids is 1. The zero-order valence-corrected chi connectivity index (χ0v) is 12.8. The van der Waals surface area contributed by atoms with Gasteiger partial charge in [-0.15, -0.1) is 11.3 Å². The van der Waals surface area contributed by atoms with Crippen LogP contribution in [0.3, 0.4) is 0 Å². The predicted molar refractivity (Wildman–Crippen MR) is 78.6 cm³/mol. The van der Waals surface area contributed by atoms with Crippen LogP contribution in [0.1, 0.15) is 25.8 Å². The second-order valence-electron chi connectivity index (χ2n) is 4.13. The predicted octanol–water partition coefficient (Wildman–Crippen LogP) is 3.48. The van der Waals surface area contributed by atoms with E-state index in [1.165, 1.54) is 23.7 Å². The second kappa shape index (κ2) is 5.38. The Morgan fingerprint density at radius 1 is 1.38 bits per heavy atom. The minimum Gasteiger partial charge on any atom is -0.478 e. The van der Waals surface area contributed by atoms with Crippen LogP contribution in [-0.4, -0.2) is 17.0 Å². The Kier molecular flexibility index (Phi) is 3.56. The number of halogens is 1. The van der Waals surface area contributed by atoms with Crippen molar-refractivity contribution in [2.24, 2.45) is 0 Å². The fourth-order valence-electron chi connectivity index (χ4n) is 1.83. The van der Waals surface area contributed by atoms with Gasteiger partial charge in [0.05, 0.1) is 22.4 Å². The van der Waals surface area contributed by atoms with E-state index in [4.69, 9.17) is 13.9 Å².